The molecule has 0 saturated heterocycles. The highest BCUT2D eigenvalue weighted by atomic mass is 35.5. The highest BCUT2D eigenvalue weighted by molar-refractivity contribution is 6.33. The molecule has 0 N–H and O–H groups in total. The van der Waals surface area contributed by atoms with Gasteiger partial charge in [-0.1, -0.05) is 29.8 Å². The van der Waals surface area contributed by atoms with E-state index in [1.165, 1.54) is 6.07 Å². The van der Waals surface area contributed by atoms with E-state index in [4.69, 9.17) is 16.3 Å². The number of hydrogen-bond donors (Lipinski definition) is 0. The number of nitro groups is 1. The quantitative estimate of drug-likeness (QED) is 0.611. The number of para-hydroxylation sites is 1. The molecule has 0 unspecified atom stereocenters. The molecule has 0 aliphatic heterocycles. The second kappa shape index (κ2) is 5.06. The molecule has 0 spiro atoms. The van der Waals surface area contributed by atoms with Crippen molar-refractivity contribution in [1.82, 2.24) is 0 Å². The molecule has 5 heteroatoms. The third-order valence-electron chi connectivity index (χ3n) is 2.48. The lowest BCUT2D eigenvalue weighted by atomic mass is 10.2. The molecular weight excluding hydrogens is 254 g/mol. The first kappa shape index (κ1) is 12.4. The van der Waals surface area contributed by atoms with Gasteiger partial charge in [-0.05, 0) is 25.1 Å². The Morgan fingerprint density at radius 3 is 2.44 bits per heavy atom. The number of hydrogen-bond acceptors (Lipinski definition) is 3. The molecule has 0 radical (unpaired) electrons. The molecular formula is C13H10ClNO3. The maximum Gasteiger partial charge on any atom is 0.288 e. The maximum absolute atomic E-state index is 10.7. The van der Waals surface area contributed by atoms with Crippen LogP contribution in [0.5, 0.6) is 11.5 Å². The molecule has 0 aliphatic rings. The Kier molecular flexibility index (Phi) is 3.48. The molecule has 0 atom stereocenters. The van der Waals surface area contributed by atoms with Crippen molar-refractivity contribution in [2.75, 3.05) is 0 Å². The minimum absolute atomic E-state index is 0.105. The minimum Gasteiger partial charge on any atom is -0.457 e. The highest BCUT2D eigenvalue weighted by Gasteiger charge is 2.17. The summed E-state index contributed by atoms with van der Waals surface area (Å²) in [5.74, 6) is 1.17. The first-order chi connectivity index (χ1) is 8.59. The SMILES string of the molecule is Cc1c(Oc2ccccc2)ccc([N+](=O)[O-])c1Cl. The van der Waals surface area contributed by atoms with Crippen molar-refractivity contribution in [3.8, 4) is 11.5 Å². The average molecular weight is 264 g/mol. The normalized spacial score (nSPS) is 10.1. The topological polar surface area (TPSA) is 52.4 Å². The van der Waals surface area contributed by atoms with Gasteiger partial charge in [-0.15, -0.1) is 0 Å². The van der Waals surface area contributed by atoms with Crippen LogP contribution < -0.4 is 4.74 Å². The van der Waals surface area contributed by atoms with Gasteiger partial charge < -0.3 is 4.74 Å². The van der Waals surface area contributed by atoms with Gasteiger partial charge in [0.25, 0.3) is 5.69 Å². The number of nitrogens with zero attached hydrogens (tertiary/aromatic N) is 1. The predicted molar refractivity (Wildman–Crippen MR) is 69.4 cm³/mol. The summed E-state index contributed by atoms with van der Waals surface area (Å²) in [5, 5.41) is 10.8. The number of rotatable bonds is 3. The average Bonchev–Trinajstić information content (AvgIpc) is 2.36. The van der Waals surface area contributed by atoms with Crippen LogP contribution in [0.4, 0.5) is 5.69 Å². The Morgan fingerprint density at radius 2 is 1.83 bits per heavy atom. The predicted octanol–water partition coefficient (Wildman–Crippen LogP) is 4.35. The van der Waals surface area contributed by atoms with Gasteiger partial charge in [0.15, 0.2) is 0 Å². The van der Waals surface area contributed by atoms with Crippen LogP contribution in [0.1, 0.15) is 5.56 Å². The van der Waals surface area contributed by atoms with E-state index in [0.29, 0.717) is 17.1 Å². The summed E-state index contributed by atoms with van der Waals surface area (Å²) in [4.78, 5) is 10.2. The van der Waals surface area contributed by atoms with Gasteiger partial charge in [-0.3, -0.25) is 10.1 Å². The lowest BCUT2D eigenvalue weighted by Gasteiger charge is -2.09. The van der Waals surface area contributed by atoms with Crippen LogP contribution in [0.2, 0.25) is 5.02 Å². The fourth-order valence-corrected chi connectivity index (χ4v) is 1.75. The van der Waals surface area contributed by atoms with Crippen LogP contribution >= 0.6 is 11.6 Å². The molecule has 0 fully saturated rings. The highest BCUT2D eigenvalue weighted by Crippen LogP contribution is 2.35. The minimum atomic E-state index is -0.512. The van der Waals surface area contributed by atoms with Gasteiger partial charge in [-0.2, -0.15) is 0 Å². The lowest BCUT2D eigenvalue weighted by molar-refractivity contribution is -0.384. The summed E-state index contributed by atoms with van der Waals surface area (Å²) < 4.78 is 5.62. The van der Waals surface area contributed by atoms with Crippen molar-refractivity contribution < 1.29 is 9.66 Å². The molecule has 0 bridgehead atoms. The molecule has 0 amide bonds. The standard InChI is InChI=1S/C13H10ClNO3/c1-9-12(18-10-5-3-2-4-6-10)8-7-11(13(9)14)15(16)17/h2-8H,1H3. The molecule has 18 heavy (non-hydrogen) atoms. The van der Waals surface area contributed by atoms with Gasteiger partial charge >= 0.3 is 0 Å². The Balaban J connectivity index is 2.36. The van der Waals surface area contributed by atoms with E-state index in [1.807, 2.05) is 18.2 Å². The fraction of sp³-hybridized carbons (Fsp3) is 0.0769. The van der Waals surface area contributed by atoms with Crippen LogP contribution in [-0.4, -0.2) is 4.92 Å². The van der Waals surface area contributed by atoms with Crippen molar-refractivity contribution >= 4 is 17.3 Å². The summed E-state index contributed by atoms with van der Waals surface area (Å²) in [5.41, 5.74) is 0.435. The van der Waals surface area contributed by atoms with Crippen molar-refractivity contribution in [2.45, 2.75) is 6.92 Å². The van der Waals surface area contributed by atoms with E-state index >= 15 is 0 Å². The second-order valence-electron chi connectivity index (χ2n) is 3.69. The molecule has 2 aromatic carbocycles. The number of ether oxygens (including phenoxy) is 1. The van der Waals surface area contributed by atoms with Crippen LogP contribution in [0.15, 0.2) is 42.5 Å². The third-order valence-corrected chi connectivity index (χ3v) is 2.96. The van der Waals surface area contributed by atoms with Crippen molar-refractivity contribution in [2.24, 2.45) is 0 Å². The van der Waals surface area contributed by atoms with Gasteiger partial charge in [0.2, 0.25) is 0 Å². The number of halogens is 1. The largest absolute Gasteiger partial charge is 0.457 e. The van der Waals surface area contributed by atoms with Crippen LogP contribution in [0.3, 0.4) is 0 Å². The summed E-state index contributed by atoms with van der Waals surface area (Å²) in [6.45, 7) is 1.69. The van der Waals surface area contributed by atoms with E-state index in [9.17, 15) is 10.1 Å². The Bertz CT molecular complexity index is 584. The molecule has 0 heterocycles. The lowest BCUT2D eigenvalue weighted by Crippen LogP contribution is -1.93. The summed E-state index contributed by atoms with van der Waals surface area (Å²) in [7, 11) is 0. The van der Waals surface area contributed by atoms with Gasteiger partial charge in [0, 0.05) is 11.6 Å². The van der Waals surface area contributed by atoms with E-state index in [0.717, 1.165) is 0 Å². The van der Waals surface area contributed by atoms with E-state index < -0.39 is 4.92 Å². The Hall–Kier alpha value is -2.07. The summed E-state index contributed by atoms with van der Waals surface area (Å²) >= 11 is 5.94. The van der Waals surface area contributed by atoms with Gasteiger partial charge in [-0.25, -0.2) is 0 Å². The van der Waals surface area contributed by atoms with Crippen LogP contribution in [0, 0.1) is 17.0 Å². The summed E-state index contributed by atoms with van der Waals surface area (Å²) in [6.07, 6.45) is 0. The maximum atomic E-state index is 10.7. The Labute approximate surface area is 109 Å². The molecule has 2 aromatic rings. The van der Waals surface area contributed by atoms with Crippen LogP contribution in [-0.2, 0) is 0 Å². The Morgan fingerprint density at radius 1 is 1.17 bits per heavy atom. The zero-order chi connectivity index (χ0) is 13.1. The molecule has 2 rings (SSSR count). The summed E-state index contributed by atoms with van der Waals surface area (Å²) in [6, 6.07) is 12.1. The van der Waals surface area contributed by atoms with Crippen molar-refractivity contribution in [1.29, 1.82) is 0 Å². The zero-order valence-electron chi connectivity index (χ0n) is 9.59. The first-order valence-corrected chi connectivity index (χ1v) is 5.64. The fourth-order valence-electron chi connectivity index (χ4n) is 1.52. The second-order valence-corrected chi connectivity index (χ2v) is 4.07. The van der Waals surface area contributed by atoms with Crippen molar-refractivity contribution in [3.63, 3.8) is 0 Å². The molecule has 92 valence electrons. The zero-order valence-corrected chi connectivity index (χ0v) is 10.3. The molecule has 0 aromatic heterocycles. The van der Waals surface area contributed by atoms with E-state index in [-0.39, 0.29) is 10.7 Å². The van der Waals surface area contributed by atoms with E-state index in [1.54, 1.807) is 25.1 Å². The van der Waals surface area contributed by atoms with E-state index in [2.05, 4.69) is 0 Å². The van der Waals surface area contributed by atoms with Crippen LogP contribution in [0.25, 0.3) is 0 Å². The smallest absolute Gasteiger partial charge is 0.288 e. The van der Waals surface area contributed by atoms with Gasteiger partial charge in [0.05, 0.1) is 4.92 Å². The molecule has 0 saturated carbocycles. The molecule has 4 nitrogen and oxygen atoms in total. The number of nitro benzene ring substituents is 1. The first-order valence-electron chi connectivity index (χ1n) is 5.26. The third kappa shape index (κ3) is 2.43. The monoisotopic (exact) mass is 263 g/mol. The van der Waals surface area contributed by atoms with Gasteiger partial charge in [0.1, 0.15) is 16.5 Å². The van der Waals surface area contributed by atoms with Crippen molar-refractivity contribution in [3.05, 3.63) is 63.2 Å². The number of benzene rings is 2. The molecule has 0 aliphatic carbocycles.